The number of pyridine rings is 1. The molecule has 0 aliphatic heterocycles. The van der Waals surface area contributed by atoms with Crippen molar-refractivity contribution in [1.29, 1.82) is 0 Å². The number of aromatic nitrogens is 1. The Balaban J connectivity index is 2.09. The number of carboxylic acid groups (broad SMARTS) is 1. The van der Waals surface area contributed by atoms with Gasteiger partial charge in [-0.25, -0.2) is 0 Å². The summed E-state index contributed by atoms with van der Waals surface area (Å²) in [5, 5.41) is 14.7. The van der Waals surface area contributed by atoms with E-state index >= 15 is 0 Å². The smallest absolute Gasteiger partial charge is 0.308 e. The minimum atomic E-state index is -0.943. The van der Waals surface area contributed by atoms with Crippen molar-refractivity contribution in [1.82, 2.24) is 15.6 Å². The normalized spacial score (nSPS) is 12.6. The lowest BCUT2D eigenvalue weighted by molar-refractivity contribution is -0.142. The van der Waals surface area contributed by atoms with E-state index in [-0.39, 0.29) is 6.54 Å². The number of carbonyl (C=O) groups excluding carboxylic acids is 2. The van der Waals surface area contributed by atoms with Crippen LogP contribution in [0.2, 0.25) is 0 Å². The molecule has 2 rings (SSSR count). The Morgan fingerprint density at radius 3 is 2.46 bits per heavy atom. The van der Waals surface area contributed by atoms with Crippen molar-refractivity contribution in [2.45, 2.75) is 32.2 Å². The molecule has 0 aliphatic rings. The molecular formula is C21H25N3O4. The van der Waals surface area contributed by atoms with E-state index in [1.807, 2.05) is 37.3 Å². The Hall–Kier alpha value is -3.22. The molecule has 28 heavy (non-hydrogen) atoms. The highest BCUT2D eigenvalue weighted by molar-refractivity contribution is 5.97. The molecular weight excluding hydrogens is 358 g/mol. The summed E-state index contributed by atoms with van der Waals surface area (Å²) >= 11 is 0. The van der Waals surface area contributed by atoms with Crippen LogP contribution in [0.5, 0.6) is 0 Å². The topological polar surface area (TPSA) is 108 Å². The van der Waals surface area contributed by atoms with E-state index in [4.69, 9.17) is 0 Å². The summed E-state index contributed by atoms with van der Waals surface area (Å²) in [7, 11) is 0. The van der Waals surface area contributed by atoms with Crippen LogP contribution < -0.4 is 10.6 Å². The van der Waals surface area contributed by atoms with Crippen molar-refractivity contribution in [2.24, 2.45) is 5.92 Å². The molecule has 2 unspecified atom stereocenters. The maximum atomic E-state index is 12.7. The van der Waals surface area contributed by atoms with Gasteiger partial charge in [-0.2, -0.15) is 0 Å². The highest BCUT2D eigenvalue weighted by Crippen LogP contribution is 2.08. The lowest BCUT2D eigenvalue weighted by Gasteiger charge is -2.20. The monoisotopic (exact) mass is 383 g/mol. The van der Waals surface area contributed by atoms with Crippen LogP contribution in [0, 0.1) is 5.92 Å². The van der Waals surface area contributed by atoms with E-state index in [2.05, 4.69) is 15.6 Å². The van der Waals surface area contributed by atoms with E-state index in [0.29, 0.717) is 24.8 Å². The Kier molecular flexibility index (Phi) is 8.14. The summed E-state index contributed by atoms with van der Waals surface area (Å²) < 4.78 is 0. The average Bonchev–Trinajstić information content (AvgIpc) is 2.71. The van der Waals surface area contributed by atoms with E-state index in [9.17, 15) is 19.5 Å². The molecule has 0 fully saturated rings. The Labute approximate surface area is 164 Å². The standard InChI is InChI=1S/C21H25N3O4/c1-2-7-17(21(27)28)14-23-20(26)18(12-15-8-4-3-5-9-15)24-19(25)16-10-6-11-22-13-16/h3-6,8-11,13,17-18H,2,7,12,14H2,1H3,(H,23,26)(H,24,25)(H,27,28). The molecule has 0 saturated carbocycles. The van der Waals surface area contributed by atoms with Gasteiger partial charge in [0.2, 0.25) is 5.91 Å². The lowest BCUT2D eigenvalue weighted by atomic mass is 10.0. The van der Waals surface area contributed by atoms with Gasteiger partial charge < -0.3 is 15.7 Å². The molecule has 1 aromatic carbocycles. The number of aliphatic carboxylic acids is 1. The van der Waals surface area contributed by atoms with Gasteiger partial charge in [-0.1, -0.05) is 43.7 Å². The quantitative estimate of drug-likeness (QED) is 0.582. The second kappa shape index (κ2) is 10.8. The van der Waals surface area contributed by atoms with Gasteiger partial charge in [0.15, 0.2) is 0 Å². The van der Waals surface area contributed by atoms with E-state index in [1.54, 1.807) is 18.3 Å². The molecule has 1 heterocycles. The minimum Gasteiger partial charge on any atom is -0.481 e. The van der Waals surface area contributed by atoms with Gasteiger partial charge >= 0.3 is 5.97 Å². The van der Waals surface area contributed by atoms with Crippen LogP contribution in [0.15, 0.2) is 54.9 Å². The molecule has 7 heteroatoms. The number of carboxylic acids is 1. The highest BCUT2D eigenvalue weighted by atomic mass is 16.4. The van der Waals surface area contributed by atoms with Crippen molar-refractivity contribution < 1.29 is 19.5 Å². The number of nitrogens with zero attached hydrogens (tertiary/aromatic N) is 1. The first-order valence-electron chi connectivity index (χ1n) is 9.26. The van der Waals surface area contributed by atoms with Gasteiger partial charge in [-0.15, -0.1) is 0 Å². The average molecular weight is 383 g/mol. The molecule has 2 atom stereocenters. The number of carbonyl (C=O) groups is 3. The molecule has 2 amide bonds. The number of hydrogen-bond acceptors (Lipinski definition) is 4. The van der Waals surface area contributed by atoms with E-state index in [0.717, 1.165) is 5.56 Å². The Morgan fingerprint density at radius 1 is 1.11 bits per heavy atom. The van der Waals surface area contributed by atoms with Crippen LogP contribution in [0.4, 0.5) is 0 Å². The summed E-state index contributed by atoms with van der Waals surface area (Å²) in [6, 6.07) is 11.7. The molecule has 148 valence electrons. The van der Waals surface area contributed by atoms with Crippen molar-refractivity contribution in [3.8, 4) is 0 Å². The molecule has 7 nitrogen and oxygen atoms in total. The van der Waals surface area contributed by atoms with Crippen LogP contribution in [0.3, 0.4) is 0 Å². The lowest BCUT2D eigenvalue weighted by Crippen LogP contribution is -2.49. The first kappa shape index (κ1) is 21.1. The van der Waals surface area contributed by atoms with Crippen molar-refractivity contribution in [2.75, 3.05) is 6.54 Å². The van der Waals surface area contributed by atoms with Crippen molar-refractivity contribution in [3.05, 3.63) is 66.0 Å². The summed E-state index contributed by atoms with van der Waals surface area (Å²) in [5.41, 5.74) is 1.24. The third-order valence-electron chi connectivity index (χ3n) is 4.34. The third kappa shape index (κ3) is 6.50. The maximum Gasteiger partial charge on any atom is 0.308 e. The zero-order valence-electron chi connectivity index (χ0n) is 15.8. The summed E-state index contributed by atoms with van der Waals surface area (Å²) in [4.78, 5) is 40.4. The maximum absolute atomic E-state index is 12.7. The molecule has 0 radical (unpaired) electrons. The number of benzene rings is 1. The van der Waals surface area contributed by atoms with Crippen LogP contribution in [-0.4, -0.2) is 40.5 Å². The van der Waals surface area contributed by atoms with Gasteiger partial charge in [0, 0.05) is 25.4 Å². The largest absolute Gasteiger partial charge is 0.481 e. The fraction of sp³-hybridized carbons (Fsp3) is 0.333. The first-order valence-corrected chi connectivity index (χ1v) is 9.26. The second-order valence-corrected chi connectivity index (χ2v) is 6.53. The summed E-state index contributed by atoms with van der Waals surface area (Å²) in [6.45, 7) is 1.92. The first-order chi connectivity index (χ1) is 13.5. The van der Waals surface area contributed by atoms with Crippen LogP contribution in [-0.2, 0) is 16.0 Å². The zero-order chi connectivity index (χ0) is 20.4. The number of hydrogen-bond donors (Lipinski definition) is 3. The Bertz CT molecular complexity index is 781. The third-order valence-corrected chi connectivity index (χ3v) is 4.34. The summed E-state index contributed by atoms with van der Waals surface area (Å²) in [5.74, 6) is -2.42. The molecule has 0 saturated heterocycles. The van der Waals surface area contributed by atoms with Crippen LogP contribution in [0.25, 0.3) is 0 Å². The molecule has 3 N–H and O–H groups in total. The Morgan fingerprint density at radius 2 is 1.86 bits per heavy atom. The van der Waals surface area contributed by atoms with Gasteiger partial charge in [0.25, 0.3) is 5.91 Å². The van der Waals surface area contributed by atoms with Gasteiger partial charge in [-0.05, 0) is 24.1 Å². The zero-order valence-corrected chi connectivity index (χ0v) is 15.8. The van der Waals surface area contributed by atoms with Crippen LogP contribution in [0.1, 0.15) is 35.7 Å². The van der Waals surface area contributed by atoms with Crippen molar-refractivity contribution in [3.63, 3.8) is 0 Å². The molecule has 2 aromatic rings. The number of amides is 2. The van der Waals surface area contributed by atoms with Gasteiger partial charge in [0.1, 0.15) is 6.04 Å². The number of nitrogens with one attached hydrogen (secondary N) is 2. The van der Waals surface area contributed by atoms with Gasteiger partial charge in [0.05, 0.1) is 11.5 Å². The summed E-state index contributed by atoms with van der Waals surface area (Å²) in [6.07, 6.45) is 4.46. The highest BCUT2D eigenvalue weighted by Gasteiger charge is 2.24. The minimum absolute atomic E-state index is 0.0239. The number of rotatable bonds is 10. The predicted octanol–water partition coefficient (Wildman–Crippen LogP) is 2.04. The molecule has 0 bridgehead atoms. The SMILES string of the molecule is CCCC(CNC(=O)C(Cc1ccccc1)NC(=O)c1cccnc1)C(=O)O. The fourth-order valence-electron chi connectivity index (χ4n) is 2.81. The fourth-order valence-corrected chi connectivity index (χ4v) is 2.81. The second-order valence-electron chi connectivity index (χ2n) is 6.53. The van der Waals surface area contributed by atoms with Gasteiger partial charge in [-0.3, -0.25) is 19.4 Å². The van der Waals surface area contributed by atoms with Crippen LogP contribution >= 0.6 is 0 Å². The predicted molar refractivity (Wildman–Crippen MR) is 105 cm³/mol. The van der Waals surface area contributed by atoms with E-state index < -0.39 is 29.7 Å². The molecule has 0 spiro atoms. The molecule has 1 aromatic heterocycles. The molecule has 0 aliphatic carbocycles. The van der Waals surface area contributed by atoms with E-state index in [1.165, 1.54) is 6.20 Å². The van der Waals surface area contributed by atoms with Crippen molar-refractivity contribution >= 4 is 17.8 Å².